The molecule has 0 amide bonds. The van der Waals surface area contributed by atoms with Gasteiger partial charge >= 0.3 is 0 Å². The predicted octanol–water partition coefficient (Wildman–Crippen LogP) is 1.87. The second-order valence-electron chi connectivity index (χ2n) is 3.86. The van der Waals surface area contributed by atoms with E-state index in [1.165, 1.54) is 13.8 Å². The highest BCUT2D eigenvalue weighted by atomic mass is 16.3. The van der Waals surface area contributed by atoms with Crippen molar-refractivity contribution in [3.63, 3.8) is 0 Å². The van der Waals surface area contributed by atoms with Crippen molar-refractivity contribution in [2.75, 3.05) is 0 Å². The SMILES string of the molecule is CCCCCCC(=O)C(C)(O)C(C)=O. The minimum Gasteiger partial charge on any atom is -0.375 e. The highest BCUT2D eigenvalue weighted by Gasteiger charge is 2.34. The van der Waals surface area contributed by atoms with E-state index in [1.54, 1.807) is 0 Å². The first-order valence-electron chi connectivity index (χ1n) is 5.19. The van der Waals surface area contributed by atoms with Crippen molar-refractivity contribution in [3.8, 4) is 0 Å². The van der Waals surface area contributed by atoms with Crippen molar-refractivity contribution in [1.82, 2.24) is 0 Å². The van der Waals surface area contributed by atoms with Crippen LogP contribution in [0.1, 0.15) is 52.9 Å². The van der Waals surface area contributed by atoms with Gasteiger partial charge in [0.2, 0.25) is 0 Å². The minimum atomic E-state index is -1.77. The van der Waals surface area contributed by atoms with Gasteiger partial charge in [0.25, 0.3) is 0 Å². The zero-order chi connectivity index (χ0) is 11.2. The second-order valence-corrected chi connectivity index (χ2v) is 3.86. The Balaban J connectivity index is 3.90. The summed E-state index contributed by atoms with van der Waals surface area (Å²) in [4.78, 5) is 22.3. The molecule has 0 aromatic carbocycles. The van der Waals surface area contributed by atoms with Crippen LogP contribution in [0.2, 0.25) is 0 Å². The van der Waals surface area contributed by atoms with Crippen LogP contribution in [0, 0.1) is 0 Å². The van der Waals surface area contributed by atoms with Crippen LogP contribution in [-0.2, 0) is 9.59 Å². The molecule has 0 saturated heterocycles. The Labute approximate surface area is 85.5 Å². The first-order chi connectivity index (χ1) is 6.42. The zero-order valence-corrected chi connectivity index (χ0v) is 9.30. The number of hydrogen-bond acceptors (Lipinski definition) is 3. The maximum absolute atomic E-state index is 11.4. The number of rotatable bonds is 7. The van der Waals surface area contributed by atoms with Crippen LogP contribution in [0.25, 0.3) is 0 Å². The molecule has 3 heteroatoms. The van der Waals surface area contributed by atoms with E-state index in [1.807, 2.05) is 0 Å². The molecule has 1 unspecified atom stereocenters. The van der Waals surface area contributed by atoms with Gasteiger partial charge in [-0.25, -0.2) is 0 Å². The number of ketones is 2. The summed E-state index contributed by atoms with van der Waals surface area (Å²) in [7, 11) is 0. The fourth-order valence-electron chi connectivity index (χ4n) is 1.15. The maximum Gasteiger partial charge on any atom is 0.177 e. The van der Waals surface area contributed by atoms with E-state index in [9.17, 15) is 14.7 Å². The fourth-order valence-corrected chi connectivity index (χ4v) is 1.15. The normalized spacial score (nSPS) is 14.9. The molecule has 0 aromatic rings. The third kappa shape index (κ3) is 4.01. The van der Waals surface area contributed by atoms with Crippen LogP contribution in [-0.4, -0.2) is 22.3 Å². The molecule has 1 N–H and O–H groups in total. The third-order valence-electron chi connectivity index (χ3n) is 2.49. The van der Waals surface area contributed by atoms with E-state index in [0.29, 0.717) is 6.42 Å². The molecule has 3 nitrogen and oxygen atoms in total. The van der Waals surface area contributed by atoms with Crippen molar-refractivity contribution in [2.45, 2.75) is 58.5 Å². The van der Waals surface area contributed by atoms with Crippen molar-refractivity contribution in [2.24, 2.45) is 0 Å². The summed E-state index contributed by atoms with van der Waals surface area (Å²) in [5.41, 5.74) is -1.77. The lowest BCUT2D eigenvalue weighted by atomic mass is 9.93. The highest BCUT2D eigenvalue weighted by molar-refractivity contribution is 6.08. The van der Waals surface area contributed by atoms with Crippen molar-refractivity contribution in [1.29, 1.82) is 0 Å². The van der Waals surface area contributed by atoms with E-state index in [4.69, 9.17) is 0 Å². The summed E-state index contributed by atoms with van der Waals surface area (Å²) >= 11 is 0. The molecular weight excluding hydrogens is 180 g/mol. The number of Topliss-reactive ketones (excluding diaryl/α,β-unsaturated/α-hetero) is 2. The standard InChI is InChI=1S/C11H20O3/c1-4-5-6-7-8-10(13)11(3,14)9(2)12/h14H,4-8H2,1-3H3. The van der Waals surface area contributed by atoms with Crippen LogP contribution in [0.5, 0.6) is 0 Å². The first-order valence-corrected chi connectivity index (χ1v) is 5.19. The van der Waals surface area contributed by atoms with Gasteiger partial charge in [-0.15, -0.1) is 0 Å². The molecule has 0 fully saturated rings. The van der Waals surface area contributed by atoms with E-state index >= 15 is 0 Å². The molecule has 1 atom stereocenters. The topological polar surface area (TPSA) is 54.4 Å². The molecule has 14 heavy (non-hydrogen) atoms. The number of unbranched alkanes of at least 4 members (excludes halogenated alkanes) is 3. The molecule has 0 bridgehead atoms. The summed E-state index contributed by atoms with van der Waals surface area (Å²) in [6.45, 7) is 4.61. The quantitative estimate of drug-likeness (QED) is 0.504. The molecule has 0 aromatic heterocycles. The van der Waals surface area contributed by atoms with Gasteiger partial charge in [0, 0.05) is 6.42 Å². The Morgan fingerprint density at radius 3 is 2.21 bits per heavy atom. The van der Waals surface area contributed by atoms with E-state index < -0.39 is 11.4 Å². The van der Waals surface area contributed by atoms with Gasteiger partial charge in [0.1, 0.15) is 0 Å². The summed E-state index contributed by atoms with van der Waals surface area (Å²) < 4.78 is 0. The van der Waals surface area contributed by atoms with Gasteiger partial charge < -0.3 is 5.11 Å². The fraction of sp³-hybridized carbons (Fsp3) is 0.818. The minimum absolute atomic E-state index is 0.298. The van der Waals surface area contributed by atoms with Gasteiger partial charge in [-0.2, -0.15) is 0 Å². The third-order valence-corrected chi connectivity index (χ3v) is 2.49. The van der Waals surface area contributed by atoms with Gasteiger partial charge in [0.15, 0.2) is 17.2 Å². The zero-order valence-electron chi connectivity index (χ0n) is 9.30. The molecule has 0 spiro atoms. The number of carbonyl (C=O) groups is 2. The summed E-state index contributed by atoms with van der Waals surface area (Å²) in [6.07, 6.45) is 4.24. The molecule has 82 valence electrons. The van der Waals surface area contributed by atoms with Gasteiger partial charge in [-0.3, -0.25) is 9.59 Å². The van der Waals surface area contributed by atoms with Crippen LogP contribution < -0.4 is 0 Å². The molecule has 0 rings (SSSR count). The van der Waals surface area contributed by atoms with Crippen LogP contribution in [0.4, 0.5) is 0 Å². The largest absolute Gasteiger partial charge is 0.375 e. The molecule has 0 aliphatic rings. The predicted molar refractivity (Wildman–Crippen MR) is 55.1 cm³/mol. The molecule has 0 heterocycles. The molecule has 0 radical (unpaired) electrons. The van der Waals surface area contributed by atoms with Gasteiger partial charge in [-0.1, -0.05) is 26.2 Å². The van der Waals surface area contributed by atoms with Crippen molar-refractivity contribution >= 4 is 11.6 Å². The lowest BCUT2D eigenvalue weighted by Crippen LogP contribution is -2.42. The molecule has 0 aliphatic carbocycles. The lowest BCUT2D eigenvalue weighted by Gasteiger charge is -2.17. The Kier molecular flexibility index (Phi) is 5.62. The maximum atomic E-state index is 11.4. The second kappa shape index (κ2) is 5.91. The van der Waals surface area contributed by atoms with E-state index in [0.717, 1.165) is 25.7 Å². The Morgan fingerprint density at radius 2 is 1.79 bits per heavy atom. The molecular formula is C11H20O3. The monoisotopic (exact) mass is 200 g/mol. The highest BCUT2D eigenvalue weighted by Crippen LogP contribution is 2.12. The lowest BCUT2D eigenvalue weighted by molar-refractivity contribution is -0.147. The summed E-state index contributed by atoms with van der Waals surface area (Å²) in [5.74, 6) is -0.834. The number of aliphatic hydroxyl groups is 1. The van der Waals surface area contributed by atoms with Crippen molar-refractivity contribution < 1.29 is 14.7 Å². The Hall–Kier alpha value is -0.700. The molecule has 0 saturated carbocycles. The first kappa shape index (κ1) is 13.3. The Morgan fingerprint density at radius 1 is 1.21 bits per heavy atom. The average molecular weight is 200 g/mol. The van der Waals surface area contributed by atoms with Crippen molar-refractivity contribution in [3.05, 3.63) is 0 Å². The summed E-state index contributed by atoms with van der Waals surface area (Å²) in [6, 6.07) is 0. The summed E-state index contributed by atoms with van der Waals surface area (Å²) in [5, 5.41) is 9.52. The number of carbonyl (C=O) groups excluding carboxylic acids is 2. The van der Waals surface area contributed by atoms with Crippen LogP contribution >= 0.6 is 0 Å². The van der Waals surface area contributed by atoms with Gasteiger partial charge in [-0.05, 0) is 20.3 Å². The number of hydrogen-bond donors (Lipinski definition) is 1. The van der Waals surface area contributed by atoms with Gasteiger partial charge in [0.05, 0.1) is 0 Å². The Bertz CT molecular complexity index is 207. The van der Waals surface area contributed by atoms with E-state index in [-0.39, 0.29) is 5.78 Å². The molecule has 0 aliphatic heterocycles. The van der Waals surface area contributed by atoms with E-state index in [2.05, 4.69) is 6.92 Å². The average Bonchev–Trinajstić information content (AvgIpc) is 2.11. The van der Waals surface area contributed by atoms with Crippen LogP contribution in [0.15, 0.2) is 0 Å². The van der Waals surface area contributed by atoms with Crippen LogP contribution in [0.3, 0.4) is 0 Å². The smallest absolute Gasteiger partial charge is 0.177 e.